The zero-order valence-electron chi connectivity index (χ0n) is 17.7. The van der Waals surface area contributed by atoms with Crippen molar-refractivity contribution in [3.8, 4) is 0 Å². The van der Waals surface area contributed by atoms with Crippen molar-refractivity contribution in [2.24, 2.45) is 5.11 Å². The molecule has 0 unspecified atom stereocenters. The van der Waals surface area contributed by atoms with Gasteiger partial charge in [0.15, 0.2) is 0 Å². The molecule has 2 amide bonds. The Morgan fingerprint density at radius 3 is 1.83 bits per heavy atom. The summed E-state index contributed by atoms with van der Waals surface area (Å²) < 4.78 is 42.6. The number of methoxy groups -OCH3 is 1. The predicted octanol–water partition coefficient (Wildman–Crippen LogP) is 4.43. The van der Waals surface area contributed by atoms with Crippen molar-refractivity contribution in [2.75, 3.05) is 13.7 Å². The maximum Gasteiger partial charge on any atom is 0.420 e. The summed E-state index contributed by atoms with van der Waals surface area (Å²) in [7, 11) is 0.982. The summed E-state index contributed by atoms with van der Waals surface area (Å²) in [4.78, 5) is 40.0. The first-order valence-corrected chi connectivity index (χ1v) is 8.74. The van der Waals surface area contributed by atoms with Crippen molar-refractivity contribution in [3.05, 3.63) is 10.4 Å². The molecule has 0 aliphatic rings. The van der Waals surface area contributed by atoms with Crippen molar-refractivity contribution in [1.82, 2.24) is 4.90 Å². The number of nitrogens with zero attached hydrogens (tertiary/aromatic N) is 4. The molecule has 10 nitrogen and oxygen atoms in total. The molecule has 0 radical (unpaired) electrons. The third-order valence-electron chi connectivity index (χ3n) is 3.11. The maximum absolute atomic E-state index is 13.9. The van der Waals surface area contributed by atoms with Crippen LogP contribution in [0.25, 0.3) is 10.4 Å². The van der Waals surface area contributed by atoms with Gasteiger partial charge in [0.1, 0.15) is 17.2 Å². The van der Waals surface area contributed by atoms with E-state index in [9.17, 15) is 23.2 Å². The van der Waals surface area contributed by atoms with Gasteiger partial charge in [-0.1, -0.05) is 5.11 Å². The molecular weight excluding hydrogens is 394 g/mol. The monoisotopic (exact) mass is 422 g/mol. The second kappa shape index (κ2) is 10.2. The highest BCUT2D eigenvalue weighted by Gasteiger charge is 2.42. The number of ether oxygens (including phenoxy) is 3. The summed E-state index contributed by atoms with van der Waals surface area (Å²) in [6.07, 6.45) is -4.13. The van der Waals surface area contributed by atoms with E-state index in [0.717, 1.165) is 7.11 Å². The summed E-state index contributed by atoms with van der Waals surface area (Å²) in [5.74, 6) is -4.58. The lowest BCUT2D eigenvalue weighted by Crippen LogP contribution is -2.52. The molecule has 0 aliphatic heterocycles. The Balaban J connectivity index is 5.89. The number of hydrogen-bond donors (Lipinski definition) is 0. The van der Waals surface area contributed by atoms with E-state index in [0.29, 0.717) is 4.90 Å². The molecule has 0 saturated heterocycles. The minimum absolute atomic E-state index is 0.325. The highest BCUT2D eigenvalue weighted by molar-refractivity contribution is 5.94. The Kier molecular flexibility index (Phi) is 9.32. The summed E-state index contributed by atoms with van der Waals surface area (Å²) >= 11 is 0. The van der Waals surface area contributed by atoms with Crippen LogP contribution in [-0.4, -0.2) is 59.9 Å². The van der Waals surface area contributed by atoms with Gasteiger partial charge in [-0.05, 0) is 53.5 Å². The van der Waals surface area contributed by atoms with E-state index >= 15 is 0 Å². The summed E-state index contributed by atoms with van der Waals surface area (Å²) in [6.45, 7) is 8.02. The van der Waals surface area contributed by atoms with Crippen LogP contribution in [0.5, 0.6) is 0 Å². The van der Waals surface area contributed by atoms with Gasteiger partial charge in [-0.3, -0.25) is 0 Å². The van der Waals surface area contributed by atoms with Crippen LogP contribution in [0.2, 0.25) is 0 Å². The number of azide groups is 1. The number of imide groups is 1. The van der Waals surface area contributed by atoms with Crippen LogP contribution in [0.15, 0.2) is 5.11 Å². The van der Waals surface area contributed by atoms with Gasteiger partial charge in [0, 0.05) is 11.3 Å². The van der Waals surface area contributed by atoms with Crippen LogP contribution in [-0.2, 0) is 19.0 Å². The first kappa shape index (κ1) is 26.4. The minimum Gasteiger partial charge on any atom is -0.467 e. The van der Waals surface area contributed by atoms with Gasteiger partial charge in [-0.2, -0.15) is 4.90 Å². The van der Waals surface area contributed by atoms with E-state index in [1.165, 1.54) is 41.5 Å². The molecule has 0 aliphatic carbocycles. The SMILES string of the molecule is COC(=O)[C@@H](CCC(F)(F)CN=[N+]=[N-])N(C(=O)OC(C)(C)C)C(=O)OC(C)(C)C. The number of rotatable bonds is 7. The number of hydrogen-bond acceptors (Lipinski definition) is 7. The molecule has 0 bridgehead atoms. The van der Waals surface area contributed by atoms with Crippen molar-refractivity contribution in [2.45, 2.75) is 77.6 Å². The zero-order valence-corrected chi connectivity index (χ0v) is 17.7. The lowest BCUT2D eigenvalue weighted by Gasteiger charge is -2.32. The molecule has 0 heterocycles. The molecular formula is C17H28F2N4O6. The van der Waals surface area contributed by atoms with E-state index in [2.05, 4.69) is 14.8 Å². The zero-order chi connectivity index (χ0) is 23.0. The van der Waals surface area contributed by atoms with Crippen LogP contribution in [0.1, 0.15) is 54.4 Å². The normalized spacial score (nSPS) is 13.0. The second-order valence-corrected chi connectivity index (χ2v) is 8.15. The molecule has 1 atom stereocenters. The summed E-state index contributed by atoms with van der Waals surface area (Å²) in [5.41, 5.74) is 6.13. The van der Waals surface area contributed by atoms with Crippen LogP contribution >= 0.6 is 0 Å². The molecule has 12 heteroatoms. The average Bonchev–Trinajstić information content (AvgIpc) is 2.52. The lowest BCUT2D eigenvalue weighted by molar-refractivity contribution is -0.147. The van der Waals surface area contributed by atoms with Gasteiger partial charge in [-0.15, -0.1) is 0 Å². The Hall–Kier alpha value is -2.62. The third kappa shape index (κ3) is 10.5. The molecule has 29 heavy (non-hydrogen) atoms. The van der Waals surface area contributed by atoms with Gasteiger partial charge in [0.2, 0.25) is 0 Å². The molecule has 0 saturated carbocycles. The Bertz CT molecular complexity index is 623. The van der Waals surface area contributed by atoms with Gasteiger partial charge >= 0.3 is 18.2 Å². The number of carbonyl (C=O) groups is 3. The van der Waals surface area contributed by atoms with Crippen molar-refractivity contribution in [1.29, 1.82) is 0 Å². The molecule has 0 N–H and O–H groups in total. The standard InChI is InChI=1S/C17H28F2N4O6/c1-15(2,3)28-13(25)23(14(26)29-16(4,5)6)11(12(24)27-7)8-9-17(18,19)10-21-22-20/h11H,8-10H2,1-7H3/t11-/m1/s1. The van der Waals surface area contributed by atoms with Crippen molar-refractivity contribution < 1.29 is 37.4 Å². The fourth-order valence-electron chi connectivity index (χ4n) is 2.00. The largest absolute Gasteiger partial charge is 0.467 e. The van der Waals surface area contributed by atoms with E-state index in [4.69, 9.17) is 15.0 Å². The molecule has 0 spiro atoms. The van der Waals surface area contributed by atoms with Crippen molar-refractivity contribution in [3.63, 3.8) is 0 Å². The molecule has 0 rings (SSSR count). The fraction of sp³-hybridized carbons (Fsp3) is 0.824. The second-order valence-electron chi connectivity index (χ2n) is 8.15. The van der Waals surface area contributed by atoms with Crippen LogP contribution in [0, 0.1) is 0 Å². The van der Waals surface area contributed by atoms with Gasteiger partial charge in [0.25, 0.3) is 5.92 Å². The Morgan fingerprint density at radius 1 is 1.03 bits per heavy atom. The number of alkyl halides is 2. The highest BCUT2D eigenvalue weighted by Crippen LogP contribution is 2.26. The summed E-state index contributed by atoms with van der Waals surface area (Å²) in [5, 5.41) is 2.82. The van der Waals surface area contributed by atoms with Gasteiger partial charge in [0.05, 0.1) is 13.7 Å². The van der Waals surface area contributed by atoms with Crippen LogP contribution < -0.4 is 0 Å². The molecule has 0 aromatic rings. The molecule has 0 aromatic carbocycles. The minimum atomic E-state index is -3.47. The topological polar surface area (TPSA) is 131 Å². The molecule has 166 valence electrons. The van der Waals surface area contributed by atoms with E-state index in [1.54, 1.807) is 0 Å². The van der Waals surface area contributed by atoms with Crippen LogP contribution in [0.4, 0.5) is 18.4 Å². The number of halogens is 2. The van der Waals surface area contributed by atoms with Gasteiger partial charge in [-0.25, -0.2) is 23.2 Å². The maximum atomic E-state index is 13.9. The molecule has 0 aromatic heterocycles. The number of amides is 2. The highest BCUT2D eigenvalue weighted by atomic mass is 19.3. The first-order chi connectivity index (χ1) is 13.0. The Morgan fingerprint density at radius 2 is 1.48 bits per heavy atom. The van der Waals surface area contributed by atoms with Crippen LogP contribution in [0.3, 0.4) is 0 Å². The predicted molar refractivity (Wildman–Crippen MR) is 98.3 cm³/mol. The Labute approximate surface area is 168 Å². The summed E-state index contributed by atoms with van der Waals surface area (Å²) in [6, 6.07) is -1.73. The molecule has 0 fully saturated rings. The van der Waals surface area contributed by atoms with E-state index in [-0.39, 0.29) is 0 Å². The lowest BCUT2D eigenvalue weighted by atomic mass is 10.1. The van der Waals surface area contributed by atoms with E-state index < -0.39 is 60.7 Å². The number of carbonyl (C=O) groups excluding carboxylic acids is 3. The average molecular weight is 422 g/mol. The fourth-order valence-corrected chi connectivity index (χ4v) is 2.00. The third-order valence-corrected chi connectivity index (χ3v) is 3.11. The van der Waals surface area contributed by atoms with E-state index in [1.807, 2.05) is 0 Å². The quantitative estimate of drug-likeness (QED) is 0.196. The smallest absolute Gasteiger partial charge is 0.420 e. The number of esters is 1. The van der Waals surface area contributed by atoms with Crippen molar-refractivity contribution >= 4 is 18.2 Å². The first-order valence-electron chi connectivity index (χ1n) is 8.74. The van der Waals surface area contributed by atoms with Gasteiger partial charge < -0.3 is 14.2 Å².